The second kappa shape index (κ2) is 9.74. The Kier molecular flexibility index (Phi) is 7.32. The molecular formula is C22H20F4N4O4S. The quantitative estimate of drug-likeness (QED) is 0.330. The third-order valence-corrected chi connectivity index (χ3v) is 5.61. The number of hydrogen-bond donors (Lipinski definition) is 2. The number of anilines is 2. The Labute approximate surface area is 203 Å². The number of benzene rings is 2. The first-order chi connectivity index (χ1) is 16.3. The molecule has 8 nitrogen and oxygen atoms in total. The maximum absolute atomic E-state index is 14.7. The van der Waals surface area contributed by atoms with Gasteiger partial charge in [0.2, 0.25) is 0 Å². The number of rotatable bonds is 7. The Morgan fingerprint density at radius 2 is 1.86 bits per heavy atom. The second-order valence-electron chi connectivity index (χ2n) is 8.07. The first-order valence-electron chi connectivity index (χ1n) is 10.0. The highest BCUT2D eigenvalue weighted by molar-refractivity contribution is 7.81. The lowest BCUT2D eigenvalue weighted by Crippen LogP contribution is -2.44. The zero-order valence-electron chi connectivity index (χ0n) is 18.5. The highest BCUT2D eigenvalue weighted by Gasteiger charge is 2.50. The van der Waals surface area contributed by atoms with Crippen LogP contribution in [0, 0.1) is 17.1 Å². The van der Waals surface area contributed by atoms with Gasteiger partial charge in [-0.1, -0.05) is 0 Å². The Morgan fingerprint density at radius 3 is 2.43 bits per heavy atom. The van der Waals surface area contributed by atoms with Gasteiger partial charge >= 0.3 is 6.18 Å². The topological polar surface area (TPSA) is 112 Å². The van der Waals surface area contributed by atoms with Crippen LogP contribution in [-0.2, 0) is 15.8 Å². The molecule has 2 aromatic rings. The summed E-state index contributed by atoms with van der Waals surface area (Å²) in [6.45, 7) is 2.45. The summed E-state index contributed by atoms with van der Waals surface area (Å²) in [5, 5.41) is 18.4. The number of hydrogen-bond acceptors (Lipinski definition) is 7. The molecule has 0 bridgehead atoms. The van der Waals surface area contributed by atoms with Gasteiger partial charge in [-0.15, -0.1) is 0 Å². The molecule has 1 aliphatic rings. The molecule has 0 aliphatic carbocycles. The van der Waals surface area contributed by atoms with Crippen molar-refractivity contribution in [2.24, 2.45) is 5.90 Å². The van der Waals surface area contributed by atoms with Crippen LogP contribution in [0.1, 0.15) is 25.0 Å². The SMILES string of the molecule is CC1(C)C(=O)N(c2ccc(C#N)c(C(F)(F)F)c2)C(=S)N1c1ccc(OCC(O)CON)c(F)c1. The van der Waals surface area contributed by atoms with Gasteiger partial charge in [-0.05, 0) is 56.4 Å². The molecule has 35 heavy (non-hydrogen) atoms. The van der Waals surface area contributed by atoms with Gasteiger partial charge in [-0.25, -0.2) is 10.3 Å². The molecule has 1 atom stereocenters. The summed E-state index contributed by atoms with van der Waals surface area (Å²) < 4.78 is 60.3. The predicted octanol–water partition coefficient (Wildman–Crippen LogP) is 3.26. The van der Waals surface area contributed by atoms with Crippen molar-refractivity contribution < 1.29 is 37.0 Å². The van der Waals surface area contributed by atoms with Gasteiger partial charge in [0.25, 0.3) is 5.91 Å². The van der Waals surface area contributed by atoms with Gasteiger partial charge in [-0.3, -0.25) is 9.69 Å². The number of aliphatic hydroxyl groups excluding tert-OH is 1. The molecular weight excluding hydrogens is 492 g/mol. The van der Waals surface area contributed by atoms with Crippen molar-refractivity contribution in [3.8, 4) is 11.8 Å². The van der Waals surface area contributed by atoms with Crippen LogP contribution in [-0.4, -0.2) is 41.0 Å². The summed E-state index contributed by atoms with van der Waals surface area (Å²) >= 11 is 5.41. The van der Waals surface area contributed by atoms with Crippen LogP contribution < -0.4 is 20.4 Å². The minimum Gasteiger partial charge on any atom is -0.488 e. The molecule has 0 saturated carbocycles. The van der Waals surface area contributed by atoms with Gasteiger partial charge in [0.05, 0.1) is 29.5 Å². The molecule has 2 aromatic carbocycles. The molecule has 0 aromatic heterocycles. The highest BCUT2D eigenvalue weighted by atomic mass is 32.1. The predicted molar refractivity (Wildman–Crippen MR) is 121 cm³/mol. The molecule has 3 N–H and O–H groups in total. The van der Waals surface area contributed by atoms with Crippen LogP contribution in [0.2, 0.25) is 0 Å². The van der Waals surface area contributed by atoms with Crippen molar-refractivity contribution in [2.45, 2.75) is 31.7 Å². The number of nitriles is 1. The van der Waals surface area contributed by atoms with Crippen molar-refractivity contribution in [1.29, 1.82) is 5.26 Å². The van der Waals surface area contributed by atoms with E-state index in [0.717, 1.165) is 17.0 Å². The number of aliphatic hydroxyl groups is 1. The monoisotopic (exact) mass is 512 g/mol. The lowest BCUT2D eigenvalue weighted by molar-refractivity contribution is -0.137. The van der Waals surface area contributed by atoms with Gasteiger partial charge in [0.15, 0.2) is 16.7 Å². The van der Waals surface area contributed by atoms with E-state index in [0.29, 0.717) is 6.07 Å². The van der Waals surface area contributed by atoms with Gasteiger partial charge in [-0.2, -0.15) is 18.4 Å². The van der Waals surface area contributed by atoms with Crippen LogP contribution in [0.25, 0.3) is 0 Å². The van der Waals surface area contributed by atoms with Crippen LogP contribution >= 0.6 is 12.2 Å². The number of carbonyl (C=O) groups is 1. The lowest BCUT2D eigenvalue weighted by Gasteiger charge is -2.29. The number of nitrogens with zero attached hydrogens (tertiary/aromatic N) is 3. The van der Waals surface area contributed by atoms with E-state index in [4.69, 9.17) is 28.1 Å². The van der Waals surface area contributed by atoms with Crippen molar-refractivity contribution in [3.05, 3.63) is 53.3 Å². The number of amides is 1. The number of halogens is 4. The van der Waals surface area contributed by atoms with Crippen molar-refractivity contribution in [1.82, 2.24) is 0 Å². The van der Waals surface area contributed by atoms with Crippen LogP contribution in [0.5, 0.6) is 5.75 Å². The van der Waals surface area contributed by atoms with E-state index >= 15 is 0 Å². The summed E-state index contributed by atoms with van der Waals surface area (Å²) in [4.78, 5) is 19.7. The van der Waals surface area contributed by atoms with Crippen LogP contribution in [0.4, 0.5) is 28.9 Å². The molecule has 186 valence electrons. The van der Waals surface area contributed by atoms with Gasteiger partial charge in [0, 0.05) is 11.8 Å². The van der Waals surface area contributed by atoms with Crippen LogP contribution in [0.15, 0.2) is 36.4 Å². The molecule has 1 unspecified atom stereocenters. The van der Waals surface area contributed by atoms with Gasteiger partial charge in [0.1, 0.15) is 18.2 Å². The third-order valence-electron chi connectivity index (χ3n) is 5.25. The summed E-state index contributed by atoms with van der Waals surface area (Å²) in [6.07, 6.45) is -5.92. The molecule has 1 aliphatic heterocycles. The molecule has 0 spiro atoms. The second-order valence-corrected chi connectivity index (χ2v) is 8.44. The highest BCUT2D eigenvalue weighted by Crippen LogP contribution is 2.40. The van der Waals surface area contributed by atoms with Crippen molar-refractivity contribution >= 4 is 34.6 Å². The summed E-state index contributed by atoms with van der Waals surface area (Å²) in [5.41, 5.74) is -3.23. The van der Waals surface area contributed by atoms with E-state index in [9.17, 15) is 27.5 Å². The van der Waals surface area contributed by atoms with E-state index in [1.165, 1.54) is 43.0 Å². The minimum atomic E-state index is -4.83. The first kappa shape index (κ1) is 26.3. The molecule has 1 fully saturated rings. The zero-order chi connectivity index (χ0) is 26.1. The maximum atomic E-state index is 14.7. The van der Waals surface area contributed by atoms with E-state index < -0.39 is 40.7 Å². The molecule has 0 radical (unpaired) electrons. The summed E-state index contributed by atoms with van der Waals surface area (Å²) in [7, 11) is 0. The van der Waals surface area contributed by atoms with Crippen LogP contribution in [0.3, 0.4) is 0 Å². The normalized spacial score (nSPS) is 16.4. The molecule has 1 heterocycles. The largest absolute Gasteiger partial charge is 0.488 e. The number of nitrogens with two attached hydrogens (primary N) is 1. The molecule has 1 amide bonds. The fourth-order valence-corrected chi connectivity index (χ4v) is 4.07. The average molecular weight is 512 g/mol. The van der Waals surface area contributed by atoms with E-state index in [2.05, 4.69) is 4.84 Å². The Balaban J connectivity index is 1.95. The van der Waals surface area contributed by atoms with E-state index in [1.807, 2.05) is 0 Å². The summed E-state index contributed by atoms with van der Waals surface area (Å²) in [5.74, 6) is 3.18. The molecule has 1 saturated heterocycles. The number of thiocarbonyl (C=S) groups is 1. The number of ether oxygens (including phenoxy) is 1. The fourth-order valence-electron chi connectivity index (χ4n) is 3.55. The van der Waals surface area contributed by atoms with Crippen molar-refractivity contribution in [3.63, 3.8) is 0 Å². The Morgan fingerprint density at radius 1 is 1.20 bits per heavy atom. The van der Waals surface area contributed by atoms with Crippen molar-refractivity contribution in [2.75, 3.05) is 23.0 Å². The first-order valence-corrected chi connectivity index (χ1v) is 10.5. The van der Waals surface area contributed by atoms with E-state index in [-0.39, 0.29) is 35.5 Å². The molecule has 13 heteroatoms. The lowest BCUT2D eigenvalue weighted by atomic mass is 10.0. The fraction of sp³-hybridized carbons (Fsp3) is 0.318. The van der Waals surface area contributed by atoms with Gasteiger partial charge < -0.3 is 19.6 Å². The minimum absolute atomic E-state index is 0.149. The summed E-state index contributed by atoms with van der Waals surface area (Å²) in [6, 6.07) is 8.02. The molecule has 3 rings (SSSR count). The number of carbonyl (C=O) groups excluding carboxylic acids is 1. The zero-order valence-corrected chi connectivity index (χ0v) is 19.3. The standard InChI is InChI=1S/C22H20F4N4O4S/c1-21(2)19(32)29(13-4-3-12(9-27)16(7-13)22(24,25)26)20(35)30(21)14-5-6-18(17(23)8-14)33-10-15(31)11-34-28/h3-8,15,31H,10-11,28H2,1-2H3. The third kappa shape index (κ3) is 5.06. The maximum Gasteiger partial charge on any atom is 0.417 e. The number of alkyl halides is 3. The Hall–Kier alpha value is -3.31. The van der Waals surface area contributed by atoms with E-state index in [1.54, 1.807) is 0 Å². The smallest absolute Gasteiger partial charge is 0.417 e. The Bertz CT molecular complexity index is 1200. The average Bonchev–Trinajstić information content (AvgIpc) is 2.95.